The molecule has 28 heavy (non-hydrogen) atoms. The SMILES string of the molecule is C[C@@H]1CCN(C(=O)c2ncccc2N)C[C@H]1c1cc(C(F)F)nc2ncnn12. The second kappa shape index (κ2) is 7.10. The standard InChI is InChI=1S/C18H19F2N7O/c1-10-4-6-26(17(28)15-12(21)3-2-5-22-15)8-11(10)14-7-13(16(19)20)25-18-23-9-24-27(14)18/h2-3,5,7,9-11,16H,4,6,8,21H2,1H3/t10-,11-/m1/s1. The largest absolute Gasteiger partial charge is 0.397 e. The number of hydrogen-bond acceptors (Lipinski definition) is 6. The van der Waals surface area contributed by atoms with Crippen LogP contribution in [0.3, 0.4) is 0 Å². The fourth-order valence-electron chi connectivity index (χ4n) is 3.62. The predicted octanol–water partition coefficient (Wildman–Crippen LogP) is 2.30. The molecule has 1 aliphatic rings. The number of likely N-dealkylation sites (tertiary alicyclic amines) is 1. The van der Waals surface area contributed by atoms with Crippen molar-refractivity contribution in [3.63, 3.8) is 0 Å². The van der Waals surface area contributed by atoms with Gasteiger partial charge in [-0.25, -0.2) is 23.3 Å². The number of nitrogen functional groups attached to an aromatic ring is 1. The van der Waals surface area contributed by atoms with Gasteiger partial charge in [-0.1, -0.05) is 6.92 Å². The zero-order chi connectivity index (χ0) is 19.8. The third kappa shape index (κ3) is 3.14. The molecule has 0 spiro atoms. The minimum Gasteiger partial charge on any atom is -0.397 e. The number of piperidine rings is 1. The van der Waals surface area contributed by atoms with Gasteiger partial charge in [-0.3, -0.25) is 4.79 Å². The second-order valence-corrected chi connectivity index (χ2v) is 6.94. The maximum Gasteiger partial charge on any atom is 0.280 e. The molecule has 4 rings (SSSR count). The highest BCUT2D eigenvalue weighted by Gasteiger charge is 2.34. The summed E-state index contributed by atoms with van der Waals surface area (Å²) >= 11 is 0. The first kappa shape index (κ1) is 18.2. The van der Waals surface area contributed by atoms with Gasteiger partial charge in [0, 0.05) is 25.2 Å². The molecule has 0 aliphatic carbocycles. The van der Waals surface area contributed by atoms with E-state index >= 15 is 0 Å². The molecule has 10 heteroatoms. The van der Waals surface area contributed by atoms with Crippen molar-refractivity contribution in [2.45, 2.75) is 25.7 Å². The molecule has 0 aromatic carbocycles. The molecule has 0 saturated carbocycles. The number of carbonyl (C=O) groups is 1. The summed E-state index contributed by atoms with van der Waals surface area (Å²) in [5, 5.41) is 4.13. The molecule has 4 heterocycles. The summed E-state index contributed by atoms with van der Waals surface area (Å²) in [6.45, 7) is 2.92. The van der Waals surface area contributed by atoms with E-state index < -0.39 is 6.43 Å². The highest BCUT2D eigenvalue weighted by Crippen LogP contribution is 2.34. The molecule has 1 fully saturated rings. The fraction of sp³-hybridized carbons (Fsp3) is 0.389. The van der Waals surface area contributed by atoms with Gasteiger partial charge < -0.3 is 10.6 Å². The Kier molecular flexibility index (Phi) is 4.62. The summed E-state index contributed by atoms with van der Waals surface area (Å²) in [5.41, 5.74) is 6.62. The van der Waals surface area contributed by atoms with Gasteiger partial charge >= 0.3 is 0 Å². The summed E-state index contributed by atoms with van der Waals surface area (Å²) in [5.74, 6) is -0.191. The maximum atomic E-state index is 13.3. The molecule has 2 N–H and O–H groups in total. The van der Waals surface area contributed by atoms with Crippen LogP contribution in [0.15, 0.2) is 30.7 Å². The van der Waals surface area contributed by atoms with Crippen LogP contribution in [0.2, 0.25) is 0 Å². The van der Waals surface area contributed by atoms with Crippen LogP contribution >= 0.6 is 0 Å². The summed E-state index contributed by atoms with van der Waals surface area (Å²) < 4.78 is 28.1. The number of anilines is 1. The van der Waals surface area contributed by atoms with Crippen molar-refractivity contribution >= 4 is 17.4 Å². The minimum atomic E-state index is -2.72. The lowest BCUT2D eigenvalue weighted by Crippen LogP contribution is -2.43. The number of nitrogens with zero attached hydrogens (tertiary/aromatic N) is 6. The Bertz CT molecular complexity index is 1020. The first-order chi connectivity index (χ1) is 13.5. The fourth-order valence-corrected chi connectivity index (χ4v) is 3.62. The first-order valence-electron chi connectivity index (χ1n) is 8.94. The Balaban J connectivity index is 1.70. The van der Waals surface area contributed by atoms with E-state index in [1.165, 1.54) is 23.1 Å². The summed E-state index contributed by atoms with van der Waals surface area (Å²) in [6, 6.07) is 4.65. The topological polar surface area (TPSA) is 102 Å². The highest BCUT2D eigenvalue weighted by molar-refractivity contribution is 5.97. The van der Waals surface area contributed by atoms with E-state index in [1.54, 1.807) is 17.0 Å². The molecule has 146 valence electrons. The van der Waals surface area contributed by atoms with E-state index in [1.807, 2.05) is 6.92 Å². The minimum absolute atomic E-state index is 0.123. The number of rotatable bonds is 3. The van der Waals surface area contributed by atoms with Crippen molar-refractivity contribution in [3.8, 4) is 0 Å². The van der Waals surface area contributed by atoms with Crippen LogP contribution in [0.25, 0.3) is 5.78 Å². The van der Waals surface area contributed by atoms with Gasteiger partial charge in [0.05, 0.1) is 11.4 Å². The van der Waals surface area contributed by atoms with E-state index in [0.29, 0.717) is 30.9 Å². The van der Waals surface area contributed by atoms with Crippen molar-refractivity contribution in [1.29, 1.82) is 0 Å². The number of pyridine rings is 1. The Morgan fingerprint density at radius 3 is 2.93 bits per heavy atom. The van der Waals surface area contributed by atoms with Crippen LogP contribution in [0.1, 0.15) is 47.6 Å². The molecule has 0 bridgehead atoms. The van der Waals surface area contributed by atoms with Crippen molar-refractivity contribution in [1.82, 2.24) is 29.5 Å². The molecule has 1 saturated heterocycles. The quantitative estimate of drug-likeness (QED) is 0.740. The number of hydrogen-bond donors (Lipinski definition) is 1. The number of halogens is 2. The molecule has 3 aromatic rings. The molecule has 2 atom stereocenters. The average molecular weight is 387 g/mol. The van der Waals surface area contributed by atoms with Crippen LogP contribution in [0.4, 0.5) is 14.5 Å². The van der Waals surface area contributed by atoms with Gasteiger partial charge in [0.15, 0.2) is 5.69 Å². The second-order valence-electron chi connectivity index (χ2n) is 6.94. The van der Waals surface area contributed by atoms with Crippen LogP contribution < -0.4 is 5.73 Å². The molecule has 1 aliphatic heterocycles. The summed E-state index contributed by atoms with van der Waals surface area (Å²) in [7, 11) is 0. The molecular formula is C18H19F2N7O. The van der Waals surface area contributed by atoms with Crippen molar-refractivity contribution in [2.24, 2.45) is 5.92 Å². The zero-order valence-corrected chi connectivity index (χ0v) is 15.2. The predicted molar refractivity (Wildman–Crippen MR) is 96.8 cm³/mol. The maximum absolute atomic E-state index is 13.3. The number of fused-ring (bicyclic) bond motifs is 1. The van der Waals surface area contributed by atoms with E-state index in [2.05, 4.69) is 20.1 Å². The van der Waals surface area contributed by atoms with Gasteiger partial charge in [0.1, 0.15) is 12.0 Å². The van der Waals surface area contributed by atoms with Gasteiger partial charge in [0.2, 0.25) is 0 Å². The van der Waals surface area contributed by atoms with Gasteiger partial charge in [-0.2, -0.15) is 10.1 Å². The highest BCUT2D eigenvalue weighted by atomic mass is 19.3. The summed E-state index contributed by atoms with van der Waals surface area (Å²) in [6.07, 6.45) is 0.799. The number of amides is 1. The Hall–Kier alpha value is -3.17. The van der Waals surface area contributed by atoms with Crippen molar-refractivity contribution in [3.05, 3.63) is 47.8 Å². The molecule has 0 radical (unpaired) electrons. The van der Waals surface area contributed by atoms with Gasteiger partial charge in [0.25, 0.3) is 18.1 Å². The third-order valence-electron chi connectivity index (χ3n) is 5.19. The van der Waals surface area contributed by atoms with E-state index in [4.69, 9.17) is 5.73 Å². The van der Waals surface area contributed by atoms with E-state index in [-0.39, 0.29) is 34.9 Å². The third-order valence-corrected chi connectivity index (χ3v) is 5.19. The van der Waals surface area contributed by atoms with Gasteiger partial charge in [-0.15, -0.1) is 0 Å². The molecule has 3 aromatic heterocycles. The number of nitrogens with two attached hydrogens (primary N) is 1. The van der Waals surface area contributed by atoms with E-state index in [0.717, 1.165) is 0 Å². The lowest BCUT2D eigenvalue weighted by atomic mass is 9.84. The normalized spacial score (nSPS) is 20.1. The lowest BCUT2D eigenvalue weighted by Gasteiger charge is -2.37. The molecule has 0 unspecified atom stereocenters. The Morgan fingerprint density at radius 1 is 1.36 bits per heavy atom. The van der Waals surface area contributed by atoms with Gasteiger partial charge in [-0.05, 0) is 30.5 Å². The van der Waals surface area contributed by atoms with E-state index in [9.17, 15) is 13.6 Å². The summed E-state index contributed by atoms with van der Waals surface area (Å²) in [4.78, 5) is 26.5. The molecule has 8 nitrogen and oxygen atoms in total. The molecular weight excluding hydrogens is 368 g/mol. The zero-order valence-electron chi connectivity index (χ0n) is 15.2. The Labute approximate surface area is 159 Å². The number of aromatic nitrogens is 5. The van der Waals surface area contributed by atoms with Crippen LogP contribution in [-0.2, 0) is 0 Å². The van der Waals surface area contributed by atoms with Crippen LogP contribution in [0.5, 0.6) is 0 Å². The molecule has 1 amide bonds. The van der Waals surface area contributed by atoms with Crippen LogP contribution in [-0.4, -0.2) is 48.5 Å². The van der Waals surface area contributed by atoms with Crippen LogP contribution in [0, 0.1) is 5.92 Å². The number of alkyl halides is 2. The smallest absolute Gasteiger partial charge is 0.280 e. The number of carbonyl (C=O) groups excluding carboxylic acids is 1. The van der Waals surface area contributed by atoms with Crippen molar-refractivity contribution in [2.75, 3.05) is 18.8 Å². The first-order valence-corrected chi connectivity index (χ1v) is 8.94. The Morgan fingerprint density at radius 2 is 2.18 bits per heavy atom. The average Bonchev–Trinajstić information content (AvgIpc) is 3.16. The monoisotopic (exact) mass is 387 g/mol. The van der Waals surface area contributed by atoms with Crippen molar-refractivity contribution < 1.29 is 13.6 Å². The lowest BCUT2D eigenvalue weighted by molar-refractivity contribution is 0.0660.